The first kappa shape index (κ1) is 22.4. The molecule has 0 aromatic heterocycles. The van der Waals surface area contributed by atoms with Gasteiger partial charge in [0.05, 0.1) is 6.04 Å². The fraction of sp³-hybridized carbons (Fsp3) is 0.481. The van der Waals surface area contributed by atoms with E-state index in [0.29, 0.717) is 18.7 Å². The highest BCUT2D eigenvalue weighted by atomic mass is 16.5. The second kappa shape index (κ2) is 9.76. The number of nitrogens with one attached hydrogen (secondary N) is 1. The summed E-state index contributed by atoms with van der Waals surface area (Å²) in [5, 5.41) is 2.93. The number of hydrogen-bond donors (Lipinski definition) is 1. The number of benzene rings is 2. The van der Waals surface area contributed by atoms with Crippen molar-refractivity contribution >= 4 is 11.8 Å². The molecule has 1 heterocycles. The minimum atomic E-state index is -0.523. The van der Waals surface area contributed by atoms with E-state index in [1.165, 1.54) is 11.1 Å². The maximum atomic E-state index is 13.2. The molecule has 2 aromatic rings. The van der Waals surface area contributed by atoms with Crippen LogP contribution in [0, 0.1) is 12.8 Å². The molecule has 0 bridgehead atoms. The summed E-state index contributed by atoms with van der Waals surface area (Å²) < 4.78 is 6.13. The van der Waals surface area contributed by atoms with Crippen LogP contribution in [0.15, 0.2) is 42.5 Å². The number of nitrogens with zero attached hydrogens (tertiary/aromatic N) is 1. The zero-order chi connectivity index (χ0) is 22.7. The van der Waals surface area contributed by atoms with E-state index in [4.69, 9.17) is 4.74 Å². The van der Waals surface area contributed by atoms with Crippen molar-refractivity contribution in [3.8, 4) is 5.75 Å². The summed E-state index contributed by atoms with van der Waals surface area (Å²) in [6.07, 6.45) is 3.80. The standard InChI is InChI=1S/C27H34N2O3/c1-4-15-28-26(30)24(5-2)32-22-13-12-19-14-16-29(27(31)21-10-11-21)25(23(19)17-22)20-8-6-18(3)7-9-20/h6-9,12-13,17,21,24-25H,4-5,10-11,14-16H2,1-3H3,(H,28,30)/t24-,25+/m0/s1. The lowest BCUT2D eigenvalue weighted by molar-refractivity contribution is -0.134. The van der Waals surface area contributed by atoms with Crippen LogP contribution in [0.4, 0.5) is 0 Å². The average Bonchev–Trinajstić information content (AvgIpc) is 3.66. The maximum absolute atomic E-state index is 13.2. The highest BCUT2D eigenvalue weighted by molar-refractivity contribution is 5.82. The molecule has 1 saturated carbocycles. The Morgan fingerprint density at radius 3 is 2.53 bits per heavy atom. The Balaban J connectivity index is 1.66. The topological polar surface area (TPSA) is 58.6 Å². The number of ether oxygens (including phenoxy) is 1. The van der Waals surface area contributed by atoms with Crippen molar-refractivity contribution in [1.29, 1.82) is 0 Å². The predicted octanol–water partition coefficient (Wildman–Crippen LogP) is 4.56. The second-order valence-corrected chi connectivity index (χ2v) is 9.04. The lowest BCUT2D eigenvalue weighted by Gasteiger charge is -2.38. The zero-order valence-corrected chi connectivity index (χ0v) is 19.4. The summed E-state index contributed by atoms with van der Waals surface area (Å²) >= 11 is 0. The van der Waals surface area contributed by atoms with Gasteiger partial charge in [-0.25, -0.2) is 0 Å². The summed E-state index contributed by atoms with van der Waals surface area (Å²) in [4.78, 5) is 27.7. The first-order chi connectivity index (χ1) is 15.5. The Bertz CT molecular complexity index is 965. The highest BCUT2D eigenvalue weighted by Crippen LogP contribution is 2.41. The first-order valence-electron chi connectivity index (χ1n) is 12.0. The quantitative estimate of drug-likeness (QED) is 0.662. The fourth-order valence-electron chi connectivity index (χ4n) is 4.43. The van der Waals surface area contributed by atoms with E-state index < -0.39 is 6.10 Å². The largest absolute Gasteiger partial charge is 0.481 e. The van der Waals surface area contributed by atoms with Gasteiger partial charge in [0.1, 0.15) is 5.75 Å². The third-order valence-electron chi connectivity index (χ3n) is 6.44. The highest BCUT2D eigenvalue weighted by Gasteiger charge is 2.39. The SMILES string of the molecule is CCCNC(=O)[C@H](CC)Oc1ccc2c(c1)[C@@H](c1ccc(C)cc1)N(C(=O)C1CC1)CC2. The van der Waals surface area contributed by atoms with Crippen molar-refractivity contribution in [2.45, 2.75) is 65.0 Å². The number of fused-ring (bicyclic) bond motifs is 1. The Labute approximate surface area is 191 Å². The number of aryl methyl sites for hydroxylation is 1. The number of amides is 2. The number of rotatable bonds is 8. The van der Waals surface area contributed by atoms with Crippen molar-refractivity contribution < 1.29 is 14.3 Å². The van der Waals surface area contributed by atoms with Gasteiger partial charge in [-0.3, -0.25) is 9.59 Å². The molecular weight excluding hydrogens is 400 g/mol. The van der Waals surface area contributed by atoms with Crippen LogP contribution in [0.2, 0.25) is 0 Å². The lowest BCUT2D eigenvalue weighted by Crippen LogP contribution is -2.41. The van der Waals surface area contributed by atoms with Gasteiger partial charge in [0.25, 0.3) is 5.91 Å². The van der Waals surface area contributed by atoms with Crippen LogP contribution in [-0.2, 0) is 16.0 Å². The molecule has 0 unspecified atom stereocenters. The smallest absolute Gasteiger partial charge is 0.261 e. The molecule has 1 aliphatic carbocycles. The molecule has 32 heavy (non-hydrogen) atoms. The van der Waals surface area contributed by atoms with Gasteiger partial charge in [0, 0.05) is 19.0 Å². The van der Waals surface area contributed by atoms with E-state index >= 15 is 0 Å². The molecule has 0 spiro atoms. The molecule has 1 aliphatic heterocycles. The maximum Gasteiger partial charge on any atom is 0.261 e. The summed E-state index contributed by atoms with van der Waals surface area (Å²) in [5.41, 5.74) is 4.67. The van der Waals surface area contributed by atoms with Crippen LogP contribution in [0.3, 0.4) is 0 Å². The van der Waals surface area contributed by atoms with Crippen LogP contribution in [0.5, 0.6) is 5.75 Å². The van der Waals surface area contributed by atoms with Crippen molar-refractivity contribution in [3.05, 3.63) is 64.7 Å². The van der Waals surface area contributed by atoms with Gasteiger partial charge >= 0.3 is 0 Å². The van der Waals surface area contributed by atoms with Crippen molar-refractivity contribution in [1.82, 2.24) is 10.2 Å². The summed E-state index contributed by atoms with van der Waals surface area (Å²) in [6.45, 7) is 7.45. The van der Waals surface area contributed by atoms with Gasteiger partial charge in [-0.15, -0.1) is 0 Å². The predicted molar refractivity (Wildman–Crippen MR) is 126 cm³/mol. The zero-order valence-electron chi connectivity index (χ0n) is 19.4. The van der Waals surface area contributed by atoms with Crippen molar-refractivity contribution in [2.24, 2.45) is 5.92 Å². The molecule has 2 aliphatic rings. The van der Waals surface area contributed by atoms with E-state index in [1.807, 2.05) is 26.0 Å². The van der Waals surface area contributed by atoms with E-state index in [-0.39, 0.29) is 23.8 Å². The van der Waals surface area contributed by atoms with Gasteiger partial charge in [-0.05, 0) is 67.9 Å². The molecule has 2 aromatic carbocycles. The molecule has 4 rings (SSSR count). The number of carbonyl (C=O) groups excluding carboxylic acids is 2. The van der Waals surface area contributed by atoms with Crippen molar-refractivity contribution in [3.63, 3.8) is 0 Å². The summed E-state index contributed by atoms with van der Waals surface area (Å²) in [7, 11) is 0. The van der Waals surface area contributed by atoms with Crippen LogP contribution < -0.4 is 10.1 Å². The van der Waals surface area contributed by atoms with Gasteiger partial charge in [-0.1, -0.05) is 49.7 Å². The van der Waals surface area contributed by atoms with Gasteiger partial charge in [0.2, 0.25) is 5.91 Å². The van der Waals surface area contributed by atoms with Gasteiger partial charge in [-0.2, -0.15) is 0 Å². The first-order valence-corrected chi connectivity index (χ1v) is 12.0. The monoisotopic (exact) mass is 434 g/mol. The molecule has 2 amide bonds. The Kier molecular flexibility index (Phi) is 6.83. The van der Waals surface area contributed by atoms with Gasteiger partial charge in [0.15, 0.2) is 6.10 Å². The molecular formula is C27H34N2O3. The summed E-state index contributed by atoms with van der Waals surface area (Å²) in [6, 6.07) is 14.4. The van der Waals surface area contributed by atoms with Crippen LogP contribution >= 0.6 is 0 Å². The van der Waals surface area contributed by atoms with E-state index in [2.05, 4.69) is 47.5 Å². The van der Waals surface area contributed by atoms with E-state index in [0.717, 1.165) is 43.4 Å². The molecule has 2 atom stereocenters. The van der Waals surface area contributed by atoms with Gasteiger partial charge < -0.3 is 15.0 Å². The van der Waals surface area contributed by atoms with E-state index in [1.54, 1.807) is 0 Å². The molecule has 5 heteroatoms. The molecule has 1 fully saturated rings. The Hall–Kier alpha value is -2.82. The van der Waals surface area contributed by atoms with Crippen LogP contribution in [-0.4, -0.2) is 35.9 Å². The van der Waals surface area contributed by atoms with Crippen molar-refractivity contribution in [2.75, 3.05) is 13.1 Å². The number of hydrogen-bond acceptors (Lipinski definition) is 3. The molecule has 1 N–H and O–H groups in total. The Morgan fingerprint density at radius 1 is 1.12 bits per heavy atom. The normalized spacial score (nSPS) is 18.6. The van der Waals surface area contributed by atoms with Crippen LogP contribution in [0.25, 0.3) is 0 Å². The number of carbonyl (C=O) groups is 2. The van der Waals surface area contributed by atoms with Crippen LogP contribution in [0.1, 0.15) is 67.8 Å². The summed E-state index contributed by atoms with van der Waals surface area (Å²) in [5.74, 6) is 1.04. The second-order valence-electron chi connectivity index (χ2n) is 9.04. The fourth-order valence-corrected chi connectivity index (χ4v) is 4.43. The third kappa shape index (κ3) is 4.82. The molecule has 170 valence electrons. The molecule has 0 radical (unpaired) electrons. The Morgan fingerprint density at radius 2 is 1.88 bits per heavy atom. The van der Waals surface area contributed by atoms with E-state index in [9.17, 15) is 9.59 Å². The minimum absolute atomic E-state index is 0.0762. The lowest BCUT2D eigenvalue weighted by atomic mass is 9.87. The molecule has 0 saturated heterocycles. The average molecular weight is 435 g/mol. The molecule has 5 nitrogen and oxygen atoms in total. The third-order valence-corrected chi connectivity index (χ3v) is 6.44. The minimum Gasteiger partial charge on any atom is -0.481 e.